The van der Waals surface area contributed by atoms with Crippen molar-refractivity contribution in [3.63, 3.8) is 0 Å². The molecule has 124 valence electrons. The third-order valence-electron chi connectivity index (χ3n) is 3.81. The normalized spacial score (nSPS) is 16.7. The average Bonchev–Trinajstić information content (AvgIpc) is 2.68. The number of carbonyl (C=O) groups excluding carboxylic acids is 1. The van der Waals surface area contributed by atoms with Crippen molar-refractivity contribution in [3.05, 3.63) is 29.5 Å². The number of hydrogen-bond acceptors (Lipinski definition) is 4. The van der Waals surface area contributed by atoms with Gasteiger partial charge in [0.05, 0.1) is 0 Å². The zero-order valence-electron chi connectivity index (χ0n) is 13.5. The molecule has 1 saturated heterocycles. The second-order valence-corrected chi connectivity index (χ2v) is 6.44. The summed E-state index contributed by atoms with van der Waals surface area (Å²) in [5.74, 6) is -0.136. The van der Waals surface area contributed by atoms with Crippen molar-refractivity contribution in [2.45, 2.75) is 32.6 Å². The number of rotatable bonds is 6. The van der Waals surface area contributed by atoms with Gasteiger partial charge in [-0.25, -0.2) is 0 Å². The van der Waals surface area contributed by atoms with E-state index in [0.29, 0.717) is 17.8 Å². The molecule has 0 saturated carbocycles. The van der Waals surface area contributed by atoms with Gasteiger partial charge < -0.3 is 0 Å². The first-order valence-electron chi connectivity index (χ1n) is 7.78. The van der Waals surface area contributed by atoms with E-state index in [1.807, 2.05) is 7.05 Å². The van der Waals surface area contributed by atoms with E-state index < -0.39 is 0 Å². The molecule has 2 rings (SSSR count). The Balaban J connectivity index is 2.17. The van der Waals surface area contributed by atoms with Gasteiger partial charge >= 0.3 is 144 Å². The van der Waals surface area contributed by atoms with Crippen molar-refractivity contribution < 1.29 is 15.0 Å². The van der Waals surface area contributed by atoms with Gasteiger partial charge in [0.15, 0.2) is 0 Å². The van der Waals surface area contributed by atoms with Crippen molar-refractivity contribution >= 4 is 32.2 Å². The van der Waals surface area contributed by atoms with Gasteiger partial charge in [-0.05, 0) is 0 Å². The van der Waals surface area contributed by atoms with Crippen LogP contribution in [0.3, 0.4) is 0 Å². The fourth-order valence-electron chi connectivity index (χ4n) is 2.56. The summed E-state index contributed by atoms with van der Waals surface area (Å²) < 4.78 is 0.780. The molecule has 6 heteroatoms. The van der Waals surface area contributed by atoms with E-state index in [1.54, 1.807) is 15.9 Å². The number of benzene rings is 1. The summed E-state index contributed by atoms with van der Waals surface area (Å²) in [6, 6.07) is 4.28. The van der Waals surface area contributed by atoms with E-state index >= 15 is 0 Å². The summed E-state index contributed by atoms with van der Waals surface area (Å²) >= 11 is 2.96. The molecule has 1 amide bonds. The number of likely N-dealkylation sites (N-methyl/N-ethyl adjacent to an activating group) is 1. The molecule has 0 atom stereocenters. The Hall–Kier alpha value is -1.78. The summed E-state index contributed by atoms with van der Waals surface area (Å²) in [5, 5.41) is 19.1. The number of unbranched alkanes of at least 4 members (excludes halogenated alkanes) is 3. The van der Waals surface area contributed by atoms with Crippen LogP contribution in [-0.4, -0.2) is 59.8 Å². The fourth-order valence-corrected chi connectivity index (χ4v) is 3.14. The number of nitrogens with zero attached hydrogens (tertiary/aromatic N) is 2. The first-order valence-corrected chi connectivity index (χ1v) is 8.64. The van der Waals surface area contributed by atoms with Crippen LogP contribution in [0.5, 0.6) is 11.5 Å². The molecule has 1 aliphatic heterocycles. The second-order valence-electron chi connectivity index (χ2n) is 5.67. The van der Waals surface area contributed by atoms with Crippen LogP contribution >= 0.6 is 0 Å². The molecule has 23 heavy (non-hydrogen) atoms. The standard InChI is InChI=1S/C17H22N2O3Se/c1-3-4-5-6-7-19-16(22)15(18(2)17(19)23)10-12-8-13(20)11-14(21)9-12/h8-11,20-21H,3-7H2,1-2H3. The summed E-state index contributed by atoms with van der Waals surface area (Å²) in [7, 11) is 1.82. The van der Waals surface area contributed by atoms with Crippen molar-refractivity contribution in [2.75, 3.05) is 13.6 Å². The molecule has 0 unspecified atom stereocenters. The Morgan fingerprint density at radius 2 is 1.78 bits per heavy atom. The van der Waals surface area contributed by atoms with E-state index in [2.05, 4.69) is 22.5 Å². The molecule has 2 N–H and O–H groups in total. The Morgan fingerprint density at radius 1 is 1.13 bits per heavy atom. The molecule has 0 aliphatic carbocycles. The summed E-state index contributed by atoms with van der Waals surface area (Å²) in [6.07, 6.45) is 6.08. The molecule has 0 radical (unpaired) electrons. The third-order valence-corrected chi connectivity index (χ3v) is 4.84. The first kappa shape index (κ1) is 17.6. The van der Waals surface area contributed by atoms with Crippen LogP contribution < -0.4 is 0 Å². The second kappa shape index (κ2) is 7.66. The zero-order chi connectivity index (χ0) is 17.0. The van der Waals surface area contributed by atoms with E-state index in [-0.39, 0.29) is 17.4 Å². The third kappa shape index (κ3) is 4.15. The molecule has 5 nitrogen and oxygen atoms in total. The van der Waals surface area contributed by atoms with Crippen molar-refractivity contribution in [3.8, 4) is 11.5 Å². The first-order chi connectivity index (χ1) is 10.9. The van der Waals surface area contributed by atoms with Gasteiger partial charge in [-0.1, -0.05) is 0 Å². The molecule has 1 heterocycles. The van der Waals surface area contributed by atoms with Crippen LogP contribution in [0.15, 0.2) is 23.9 Å². The molecular formula is C17H22N2O3Se. The van der Waals surface area contributed by atoms with Crippen LogP contribution in [0.1, 0.15) is 38.2 Å². The van der Waals surface area contributed by atoms with Crippen molar-refractivity contribution in [2.24, 2.45) is 0 Å². The fraction of sp³-hybridized carbons (Fsp3) is 0.412. The number of hydrogen-bond donors (Lipinski definition) is 2. The quantitative estimate of drug-likeness (QED) is 0.450. The number of phenolic OH excluding ortho intramolecular Hbond substituents is 2. The number of carbonyl (C=O) groups is 1. The van der Waals surface area contributed by atoms with Crippen LogP contribution in [0.25, 0.3) is 6.08 Å². The molecule has 0 bridgehead atoms. The van der Waals surface area contributed by atoms with Gasteiger partial charge in [0.2, 0.25) is 0 Å². The zero-order valence-corrected chi connectivity index (χ0v) is 15.2. The van der Waals surface area contributed by atoms with E-state index in [0.717, 1.165) is 23.9 Å². The van der Waals surface area contributed by atoms with E-state index in [4.69, 9.17) is 0 Å². The van der Waals surface area contributed by atoms with Crippen molar-refractivity contribution in [1.29, 1.82) is 0 Å². The maximum atomic E-state index is 12.6. The Kier molecular flexibility index (Phi) is 5.85. The molecule has 1 aliphatic rings. The Bertz CT molecular complexity index is 622. The van der Waals surface area contributed by atoms with Crippen LogP contribution in [-0.2, 0) is 4.79 Å². The van der Waals surface area contributed by atoms with Crippen LogP contribution in [0.4, 0.5) is 0 Å². The maximum absolute atomic E-state index is 12.6. The molecule has 1 aromatic carbocycles. The summed E-state index contributed by atoms with van der Waals surface area (Å²) in [4.78, 5) is 16.1. The number of amides is 1. The summed E-state index contributed by atoms with van der Waals surface area (Å²) in [5.41, 5.74) is 1.09. The van der Waals surface area contributed by atoms with Crippen LogP contribution in [0.2, 0.25) is 0 Å². The van der Waals surface area contributed by atoms with Gasteiger partial charge in [-0.2, -0.15) is 0 Å². The van der Waals surface area contributed by atoms with Gasteiger partial charge in [0.1, 0.15) is 0 Å². The number of aromatic hydroxyl groups is 2. The number of phenols is 2. The SMILES string of the molecule is CCCCCCN1C(=O)C(=Cc2cc(O)cc(O)c2)N(C)C1=[Se]. The molecular weight excluding hydrogens is 359 g/mol. The molecule has 1 fully saturated rings. The minimum absolute atomic E-state index is 0.0337. The topological polar surface area (TPSA) is 64.0 Å². The Labute approximate surface area is 144 Å². The van der Waals surface area contributed by atoms with E-state index in [9.17, 15) is 15.0 Å². The van der Waals surface area contributed by atoms with Crippen LogP contribution in [0, 0.1) is 0 Å². The predicted octanol–water partition coefficient (Wildman–Crippen LogP) is 2.05. The predicted molar refractivity (Wildman–Crippen MR) is 92.1 cm³/mol. The minimum atomic E-state index is -0.0689. The Morgan fingerprint density at radius 3 is 2.39 bits per heavy atom. The molecule has 0 aromatic heterocycles. The van der Waals surface area contributed by atoms with E-state index in [1.165, 1.54) is 24.6 Å². The van der Waals surface area contributed by atoms with Gasteiger partial charge in [0.25, 0.3) is 0 Å². The monoisotopic (exact) mass is 382 g/mol. The van der Waals surface area contributed by atoms with Gasteiger partial charge in [0, 0.05) is 0 Å². The van der Waals surface area contributed by atoms with Crippen molar-refractivity contribution in [1.82, 2.24) is 9.80 Å². The van der Waals surface area contributed by atoms with Gasteiger partial charge in [-0.15, -0.1) is 0 Å². The average molecular weight is 381 g/mol. The van der Waals surface area contributed by atoms with Gasteiger partial charge in [-0.3, -0.25) is 0 Å². The molecule has 0 spiro atoms. The summed E-state index contributed by atoms with van der Waals surface area (Å²) in [6.45, 7) is 2.85. The molecule has 1 aromatic rings.